The molecule has 1 saturated heterocycles. The molecule has 1 unspecified atom stereocenters. The van der Waals surface area contributed by atoms with Crippen LogP contribution < -0.4 is 0 Å². The number of rotatable bonds is 3. The fourth-order valence-corrected chi connectivity index (χ4v) is 4.27. The minimum absolute atomic E-state index is 0.0314. The number of hydrogen-bond donors (Lipinski definition) is 1. The summed E-state index contributed by atoms with van der Waals surface area (Å²) < 4.78 is 32.1. The van der Waals surface area contributed by atoms with Gasteiger partial charge in [0.05, 0.1) is 18.3 Å². The topological polar surface area (TPSA) is 79.7 Å². The van der Waals surface area contributed by atoms with Gasteiger partial charge in [-0.3, -0.25) is 0 Å². The fraction of sp³-hybridized carbons (Fsp3) is 0.583. The van der Waals surface area contributed by atoms with Crippen molar-refractivity contribution < 1.29 is 18.3 Å². The Bertz CT molecular complexity index is 591. The fourth-order valence-electron chi connectivity index (χ4n) is 2.22. The highest BCUT2D eigenvalue weighted by molar-refractivity contribution is 7.89. The molecule has 0 aromatic carbocycles. The Morgan fingerprint density at radius 3 is 2.90 bits per heavy atom. The van der Waals surface area contributed by atoms with Crippen molar-refractivity contribution in [3.05, 3.63) is 23.5 Å². The standard InChI is InChI=1S/C12H17ClN2O4S/c1-12(2)8-15(6-9(7-16)19-12)20(17,18)10-4-3-5-14-11(10)13/h3-5,9,16H,6-8H2,1-2H3. The second kappa shape index (κ2) is 5.57. The zero-order valence-corrected chi connectivity index (χ0v) is 12.9. The van der Waals surface area contributed by atoms with Crippen LogP contribution in [0.15, 0.2) is 23.2 Å². The van der Waals surface area contributed by atoms with Gasteiger partial charge in [0.15, 0.2) is 0 Å². The van der Waals surface area contributed by atoms with Crippen molar-refractivity contribution in [2.75, 3.05) is 19.7 Å². The molecule has 2 rings (SSSR count). The van der Waals surface area contributed by atoms with E-state index < -0.39 is 21.7 Å². The minimum atomic E-state index is -3.76. The first-order valence-corrected chi connectivity index (χ1v) is 7.97. The molecule has 1 aliphatic heterocycles. The molecule has 0 saturated carbocycles. The highest BCUT2D eigenvalue weighted by Gasteiger charge is 2.39. The highest BCUT2D eigenvalue weighted by atomic mass is 35.5. The van der Waals surface area contributed by atoms with Crippen molar-refractivity contribution in [1.82, 2.24) is 9.29 Å². The van der Waals surface area contributed by atoms with E-state index in [0.29, 0.717) is 0 Å². The number of aliphatic hydroxyl groups is 1. The molecule has 112 valence electrons. The van der Waals surface area contributed by atoms with E-state index in [0.717, 1.165) is 0 Å². The number of halogens is 1. The van der Waals surface area contributed by atoms with Crippen LogP contribution in [-0.4, -0.2) is 54.2 Å². The Hall–Kier alpha value is -0.730. The molecule has 0 amide bonds. The lowest BCUT2D eigenvalue weighted by Crippen LogP contribution is -2.55. The van der Waals surface area contributed by atoms with Gasteiger partial charge in [0, 0.05) is 19.3 Å². The van der Waals surface area contributed by atoms with Gasteiger partial charge in [-0.05, 0) is 26.0 Å². The Kier molecular flexibility index (Phi) is 4.36. The van der Waals surface area contributed by atoms with Gasteiger partial charge in [-0.15, -0.1) is 0 Å². The number of aromatic nitrogens is 1. The maximum atomic E-state index is 12.6. The number of pyridine rings is 1. The molecule has 1 atom stereocenters. The average molecular weight is 321 g/mol. The average Bonchev–Trinajstić information content (AvgIpc) is 2.37. The van der Waals surface area contributed by atoms with E-state index in [1.54, 1.807) is 13.8 Å². The van der Waals surface area contributed by atoms with Crippen molar-refractivity contribution in [3.63, 3.8) is 0 Å². The number of sulfonamides is 1. The molecule has 0 radical (unpaired) electrons. The van der Waals surface area contributed by atoms with Crippen molar-refractivity contribution in [1.29, 1.82) is 0 Å². The quantitative estimate of drug-likeness (QED) is 0.837. The van der Waals surface area contributed by atoms with Crippen molar-refractivity contribution >= 4 is 21.6 Å². The van der Waals surface area contributed by atoms with Crippen LogP contribution in [-0.2, 0) is 14.8 Å². The Balaban J connectivity index is 2.36. The Labute approximate surface area is 123 Å². The summed E-state index contributed by atoms with van der Waals surface area (Å²) in [6, 6.07) is 2.94. The summed E-state index contributed by atoms with van der Waals surface area (Å²) in [6.45, 7) is 3.60. The van der Waals surface area contributed by atoms with Gasteiger partial charge in [0.25, 0.3) is 0 Å². The Morgan fingerprint density at radius 2 is 2.30 bits per heavy atom. The summed E-state index contributed by atoms with van der Waals surface area (Å²) in [5, 5.41) is 9.19. The normalized spacial score (nSPS) is 23.7. The number of morpholine rings is 1. The van der Waals surface area contributed by atoms with E-state index in [1.807, 2.05) is 0 Å². The maximum absolute atomic E-state index is 12.6. The smallest absolute Gasteiger partial charge is 0.246 e. The van der Waals surface area contributed by atoms with E-state index in [-0.39, 0.29) is 29.7 Å². The van der Waals surface area contributed by atoms with Crippen LogP contribution in [0.5, 0.6) is 0 Å². The SMILES string of the molecule is CC1(C)CN(S(=O)(=O)c2cccnc2Cl)CC(CO)O1. The number of nitrogens with zero attached hydrogens (tertiary/aromatic N) is 2. The lowest BCUT2D eigenvalue weighted by molar-refractivity contribution is -0.131. The first-order valence-electron chi connectivity index (χ1n) is 6.15. The zero-order chi connectivity index (χ0) is 15.0. The second-order valence-electron chi connectivity index (χ2n) is 5.27. The monoisotopic (exact) mass is 320 g/mol. The third-order valence-corrected chi connectivity index (χ3v) is 5.25. The molecular formula is C12H17ClN2O4S. The first kappa shape index (κ1) is 15.7. The molecule has 8 heteroatoms. The molecule has 20 heavy (non-hydrogen) atoms. The van der Waals surface area contributed by atoms with Crippen LogP contribution >= 0.6 is 11.6 Å². The summed E-state index contributed by atoms with van der Waals surface area (Å²) in [5.41, 5.74) is -0.673. The second-order valence-corrected chi connectivity index (χ2v) is 7.54. The molecule has 1 aromatic rings. The maximum Gasteiger partial charge on any atom is 0.246 e. The van der Waals surface area contributed by atoms with Crippen LogP contribution in [0.2, 0.25) is 5.15 Å². The predicted octanol–water partition coefficient (Wildman–Crippen LogP) is 0.895. The molecule has 1 aliphatic rings. The van der Waals surface area contributed by atoms with Gasteiger partial charge >= 0.3 is 0 Å². The van der Waals surface area contributed by atoms with Gasteiger partial charge in [-0.2, -0.15) is 4.31 Å². The third-order valence-electron chi connectivity index (χ3n) is 3.00. The minimum Gasteiger partial charge on any atom is -0.394 e. The van der Waals surface area contributed by atoms with E-state index in [1.165, 1.54) is 22.6 Å². The summed E-state index contributed by atoms with van der Waals surface area (Å²) in [6.07, 6.45) is 0.880. The molecule has 1 N–H and O–H groups in total. The molecule has 6 nitrogen and oxygen atoms in total. The van der Waals surface area contributed by atoms with Crippen molar-refractivity contribution in [2.45, 2.75) is 30.4 Å². The van der Waals surface area contributed by atoms with Gasteiger partial charge in [0.2, 0.25) is 10.0 Å². The van der Waals surface area contributed by atoms with Crippen LogP contribution in [0.3, 0.4) is 0 Å². The molecule has 2 heterocycles. The number of aliphatic hydroxyl groups excluding tert-OH is 1. The third kappa shape index (κ3) is 3.12. The van der Waals surface area contributed by atoms with E-state index in [4.69, 9.17) is 16.3 Å². The summed E-state index contributed by atoms with van der Waals surface area (Å²) in [5.74, 6) is 0. The summed E-state index contributed by atoms with van der Waals surface area (Å²) in [7, 11) is -3.76. The zero-order valence-electron chi connectivity index (χ0n) is 11.3. The predicted molar refractivity (Wildman–Crippen MR) is 74.0 cm³/mol. The van der Waals surface area contributed by atoms with Crippen LogP contribution in [0, 0.1) is 0 Å². The lowest BCUT2D eigenvalue weighted by atomic mass is 10.1. The van der Waals surface area contributed by atoms with E-state index in [2.05, 4.69) is 4.98 Å². The molecule has 0 spiro atoms. The van der Waals surface area contributed by atoms with E-state index in [9.17, 15) is 13.5 Å². The van der Waals surface area contributed by atoms with Crippen LogP contribution in [0.4, 0.5) is 0 Å². The number of hydrogen-bond acceptors (Lipinski definition) is 5. The molecule has 1 fully saturated rings. The van der Waals surface area contributed by atoms with Crippen LogP contribution in [0.1, 0.15) is 13.8 Å². The Morgan fingerprint density at radius 1 is 1.60 bits per heavy atom. The van der Waals surface area contributed by atoms with E-state index >= 15 is 0 Å². The first-order chi connectivity index (χ1) is 9.26. The largest absolute Gasteiger partial charge is 0.394 e. The molecule has 0 aliphatic carbocycles. The van der Waals surface area contributed by atoms with Crippen molar-refractivity contribution in [3.8, 4) is 0 Å². The van der Waals surface area contributed by atoms with Gasteiger partial charge < -0.3 is 9.84 Å². The lowest BCUT2D eigenvalue weighted by Gasteiger charge is -2.41. The molecular weight excluding hydrogens is 304 g/mol. The number of ether oxygens (including phenoxy) is 1. The van der Waals surface area contributed by atoms with Gasteiger partial charge in [-0.1, -0.05) is 11.6 Å². The van der Waals surface area contributed by atoms with Crippen LogP contribution in [0.25, 0.3) is 0 Å². The summed E-state index contributed by atoms with van der Waals surface area (Å²) >= 11 is 5.87. The molecule has 1 aromatic heterocycles. The van der Waals surface area contributed by atoms with Crippen molar-refractivity contribution in [2.24, 2.45) is 0 Å². The highest BCUT2D eigenvalue weighted by Crippen LogP contribution is 2.28. The summed E-state index contributed by atoms with van der Waals surface area (Å²) in [4.78, 5) is 3.76. The van der Waals surface area contributed by atoms with Gasteiger partial charge in [-0.25, -0.2) is 13.4 Å². The molecule has 0 bridgehead atoms. The van der Waals surface area contributed by atoms with Gasteiger partial charge in [0.1, 0.15) is 10.0 Å².